The van der Waals surface area contributed by atoms with Crippen LogP contribution < -0.4 is 4.90 Å². The van der Waals surface area contributed by atoms with Gasteiger partial charge in [-0.3, -0.25) is 14.9 Å². The average Bonchev–Trinajstić information content (AvgIpc) is 2.49. The number of methoxy groups -OCH3 is 1. The molecule has 0 amide bonds. The highest BCUT2D eigenvalue weighted by Crippen LogP contribution is 2.26. The number of carbonyl (C=O) groups excluding carboxylic acids is 1. The molecule has 22 heavy (non-hydrogen) atoms. The summed E-state index contributed by atoms with van der Waals surface area (Å²) < 4.78 is 4.61. The Morgan fingerprint density at radius 3 is 2.77 bits per heavy atom. The second-order valence-corrected chi connectivity index (χ2v) is 4.96. The minimum Gasteiger partial charge on any atom is -0.469 e. The highest BCUT2D eigenvalue weighted by atomic mass is 35.5. The second-order valence-electron chi connectivity index (χ2n) is 4.63. The van der Waals surface area contributed by atoms with Crippen LogP contribution in [0.4, 0.5) is 11.5 Å². The molecular weight excluding hydrogens is 312 g/mol. The van der Waals surface area contributed by atoms with Gasteiger partial charge in [0.15, 0.2) is 0 Å². The number of rotatable bonds is 9. The molecule has 1 heterocycles. The van der Waals surface area contributed by atoms with Gasteiger partial charge in [-0.05, 0) is 18.0 Å². The van der Waals surface area contributed by atoms with Crippen LogP contribution in [0.5, 0.6) is 0 Å². The predicted molar refractivity (Wildman–Crippen MR) is 82.1 cm³/mol. The van der Waals surface area contributed by atoms with Gasteiger partial charge < -0.3 is 9.64 Å². The second kappa shape index (κ2) is 9.14. The lowest BCUT2D eigenvalue weighted by atomic mass is 10.2. The van der Waals surface area contributed by atoms with E-state index in [-0.39, 0.29) is 35.7 Å². The third kappa shape index (κ3) is 5.44. The lowest BCUT2D eigenvalue weighted by molar-refractivity contribution is -0.384. The van der Waals surface area contributed by atoms with E-state index in [9.17, 15) is 14.9 Å². The van der Waals surface area contributed by atoms with Gasteiger partial charge in [-0.2, -0.15) is 4.98 Å². The average molecular weight is 331 g/mol. The van der Waals surface area contributed by atoms with Crippen LogP contribution >= 0.6 is 11.6 Å². The largest absolute Gasteiger partial charge is 0.469 e. The zero-order valence-corrected chi connectivity index (χ0v) is 13.4. The van der Waals surface area contributed by atoms with Crippen LogP contribution in [-0.2, 0) is 9.53 Å². The predicted octanol–water partition coefficient (Wildman–Crippen LogP) is 2.60. The number of ether oxygens (including phenoxy) is 1. The first-order valence-corrected chi connectivity index (χ1v) is 7.36. The maximum absolute atomic E-state index is 11.3. The molecule has 0 spiro atoms. The van der Waals surface area contributed by atoms with Crippen molar-refractivity contribution in [1.82, 2.24) is 9.97 Å². The Morgan fingerprint density at radius 2 is 2.18 bits per heavy atom. The normalized spacial score (nSPS) is 10.3. The van der Waals surface area contributed by atoms with Crippen molar-refractivity contribution in [2.45, 2.75) is 32.6 Å². The molecule has 0 fully saturated rings. The third-order valence-electron chi connectivity index (χ3n) is 3.06. The van der Waals surface area contributed by atoms with Crippen LogP contribution in [0, 0.1) is 10.1 Å². The lowest BCUT2D eigenvalue weighted by Crippen LogP contribution is -2.29. The van der Waals surface area contributed by atoms with Crippen molar-refractivity contribution < 1.29 is 14.5 Å². The number of hydrogen-bond donors (Lipinski definition) is 0. The Balaban J connectivity index is 2.99. The van der Waals surface area contributed by atoms with Crippen LogP contribution in [0.2, 0.25) is 5.28 Å². The van der Waals surface area contributed by atoms with Gasteiger partial charge in [0.05, 0.1) is 18.5 Å². The fourth-order valence-electron chi connectivity index (χ4n) is 1.91. The van der Waals surface area contributed by atoms with Gasteiger partial charge in [-0.1, -0.05) is 19.8 Å². The highest BCUT2D eigenvalue weighted by Gasteiger charge is 2.23. The summed E-state index contributed by atoms with van der Waals surface area (Å²) in [5.74, 6) is -0.256. The van der Waals surface area contributed by atoms with Gasteiger partial charge >= 0.3 is 11.7 Å². The number of nitrogens with zero attached hydrogens (tertiary/aromatic N) is 4. The monoisotopic (exact) mass is 330 g/mol. The Morgan fingerprint density at radius 1 is 1.45 bits per heavy atom. The van der Waals surface area contributed by atoms with Gasteiger partial charge in [0.1, 0.15) is 6.20 Å². The number of anilines is 1. The number of aromatic nitrogens is 2. The van der Waals surface area contributed by atoms with Crippen molar-refractivity contribution in [2.24, 2.45) is 0 Å². The summed E-state index contributed by atoms with van der Waals surface area (Å²) >= 11 is 5.75. The number of unbranched alkanes of at least 4 members (excludes halogenated alkanes) is 2. The van der Waals surface area contributed by atoms with Crippen molar-refractivity contribution >= 4 is 29.1 Å². The molecule has 122 valence electrons. The molecule has 0 aliphatic heterocycles. The van der Waals surface area contributed by atoms with E-state index >= 15 is 0 Å². The molecule has 8 nitrogen and oxygen atoms in total. The number of hydrogen-bond acceptors (Lipinski definition) is 7. The number of carbonyl (C=O) groups is 1. The first-order valence-electron chi connectivity index (χ1n) is 6.98. The highest BCUT2D eigenvalue weighted by molar-refractivity contribution is 6.28. The third-order valence-corrected chi connectivity index (χ3v) is 3.24. The molecular formula is C13H19ClN4O4. The van der Waals surface area contributed by atoms with Gasteiger partial charge in [-0.15, -0.1) is 0 Å². The molecule has 1 rings (SSSR count). The van der Waals surface area contributed by atoms with Crippen LogP contribution in [0.3, 0.4) is 0 Å². The Hall–Kier alpha value is -1.96. The van der Waals surface area contributed by atoms with E-state index in [2.05, 4.69) is 21.6 Å². The summed E-state index contributed by atoms with van der Waals surface area (Å²) in [6, 6.07) is 0. The Labute approximate surface area is 133 Å². The molecule has 0 saturated carbocycles. The van der Waals surface area contributed by atoms with E-state index in [1.54, 1.807) is 4.90 Å². The van der Waals surface area contributed by atoms with Gasteiger partial charge in [-0.25, -0.2) is 4.98 Å². The Bertz CT molecular complexity index is 527. The van der Waals surface area contributed by atoms with Crippen LogP contribution in [0.25, 0.3) is 0 Å². The lowest BCUT2D eigenvalue weighted by Gasteiger charge is -2.22. The Kier molecular flexibility index (Phi) is 7.51. The van der Waals surface area contributed by atoms with Gasteiger partial charge in [0.2, 0.25) is 11.1 Å². The first kappa shape index (κ1) is 18.1. The van der Waals surface area contributed by atoms with Crippen molar-refractivity contribution in [3.8, 4) is 0 Å². The summed E-state index contributed by atoms with van der Waals surface area (Å²) in [4.78, 5) is 31.2. The molecule has 1 aromatic heterocycles. The molecule has 0 atom stereocenters. The number of nitro groups is 1. The fourth-order valence-corrected chi connectivity index (χ4v) is 2.04. The zero-order chi connectivity index (χ0) is 16.5. The van der Waals surface area contributed by atoms with E-state index in [0.29, 0.717) is 6.54 Å². The molecule has 0 saturated heterocycles. The van der Waals surface area contributed by atoms with Crippen molar-refractivity contribution in [3.63, 3.8) is 0 Å². The molecule has 0 aliphatic rings. The SMILES string of the molecule is CCCCCN(CCC(=O)OC)c1nc(Cl)ncc1[N+](=O)[O-]. The summed E-state index contributed by atoms with van der Waals surface area (Å²) in [5, 5.41) is 11.1. The van der Waals surface area contributed by atoms with Crippen LogP contribution in [-0.4, -0.2) is 41.1 Å². The van der Waals surface area contributed by atoms with E-state index in [1.807, 2.05) is 0 Å². The molecule has 1 aromatic rings. The summed E-state index contributed by atoms with van der Waals surface area (Å²) in [7, 11) is 1.30. The van der Waals surface area contributed by atoms with Crippen LogP contribution in [0.15, 0.2) is 6.20 Å². The van der Waals surface area contributed by atoms with E-state index in [4.69, 9.17) is 11.6 Å². The van der Waals surface area contributed by atoms with Crippen molar-refractivity contribution in [1.29, 1.82) is 0 Å². The maximum atomic E-state index is 11.3. The van der Waals surface area contributed by atoms with E-state index < -0.39 is 4.92 Å². The van der Waals surface area contributed by atoms with Gasteiger partial charge in [0.25, 0.3) is 0 Å². The first-order chi connectivity index (χ1) is 10.5. The molecule has 9 heteroatoms. The topological polar surface area (TPSA) is 98.5 Å². The standard InChI is InChI=1S/C13H19ClN4O4/c1-3-4-5-7-17(8-6-11(19)22-2)12-10(18(20)21)9-15-13(14)16-12/h9H,3-8H2,1-2H3. The van der Waals surface area contributed by atoms with Crippen molar-refractivity contribution in [3.05, 3.63) is 21.6 Å². The quantitative estimate of drug-likeness (QED) is 0.225. The maximum Gasteiger partial charge on any atom is 0.329 e. The molecule has 0 unspecified atom stereocenters. The molecule has 0 radical (unpaired) electrons. The smallest absolute Gasteiger partial charge is 0.329 e. The van der Waals surface area contributed by atoms with E-state index in [0.717, 1.165) is 25.5 Å². The van der Waals surface area contributed by atoms with E-state index in [1.165, 1.54) is 7.11 Å². The minimum absolute atomic E-state index is 0.0702. The molecule has 0 aromatic carbocycles. The fraction of sp³-hybridized carbons (Fsp3) is 0.615. The van der Waals surface area contributed by atoms with Crippen molar-refractivity contribution in [2.75, 3.05) is 25.1 Å². The summed E-state index contributed by atoms with van der Waals surface area (Å²) in [5.41, 5.74) is -0.231. The zero-order valence-electron chi connectivity index (χ0n) is 12.6. The van der Waals surface area contributed by atoms with Gasteiger partial charge in [0, 0.05) is 13.1 Å². The van der Waals surface area contributed by atoms with Crippen LogP contribution in [0.1, 0.15) is 32.6 Å². The minimum atomic E-state index is -0.559. The summed E-state index contributed by atoms with van der Waals surface area (Å²) in [6.07, 6.45) is 4.01. The molecule has 0 N–H and O–H groups in total. The molecule has 0 aliphatic carbocycles. The number of esters is 1. The molecule has 0 bridgehead atoms. The summed E-state index contributed by atoms with van der Waals surface area (Å²) in [6.45, 7) is 2.87. The number of halogens is 1.